The molecule has 0 heterocycles. The molecule has 0 saturated carbocycles. The highest BCUT2D eigenvalue weighted by Gasteiger charge is 2.13. The van der Waals surface area contributed by atoms with Crippen molar-refractivity contribution < 1.29 is 10.2 Å². The van der Waals surface area contributed by atoms with Gasteiger partial charge in [0.25, 0.3) is 0 Å². The minimum atomic E-state index is 0.316. The fraction of sp³-hybridized carbons (Fsp3) is 0.500. The molecule has 0 aliphatic rings. The Morgan fingerprint density at radius 2 is 1.07 bits per heavy atom. The SMILES string of the molecule is Cc1cc(CCNCCc2cc(C)cc(C(C)C)c2O)c(O)c(C(C)C)c1. The molecular formula is C24H35NO2. The minimum Gasteiger partial charge on any atom is -0.507 e. The molecule has 3 N–H and O–H groups in total. The van der Waals surface area contributed by atoms with E-state index in [0.717, 1.165) is 48.2 Å². The molecule has 2 rings (SSSR count). The molecule has 0 bridgehead atoms. The van der Waals surface area contributed by atoms with Crippen molar-refractivity contribution in [3.8, 4) is 11.5 Å². The first-order chi connectivity index (χ1) is 12.7. The Labute approximate surface area is 164 Å². The first kappa shape index (κ1) is 21.3. The topological polar surface area (TPSA) is 52.5 Å². The first-order valence-electron chi connectivity index (χ1n) is 10.1. The molecule has 2 aromatic carbocycles. The lowest BCUT2D eigenvalue weighted by molar-refractivity contribution is 0.454. The Morgan fingerprint density at radius 3 is 1.41 bits per heavy atom. The number of hydrogen-bond acceptors (Lipinski definition) is 3. The molecule has 3 heteroatoms. The quantitative estimate of drug-likeness (QED) is 0.551. The maximum absolute atomic E-state index is 10.5. The summed E-state index contributed by atoms with van der Waals surface area (Å²) in [4.78, 5) is 0. The second-order valence-electron chi connectivity index (χ2n) is 8.28. The van der Waals surface area contributed by atoms with Gasteiger partial charge in [0.1, 0.15) is 11.5 Å². The van der Waals surface area contributed by atoms with Crippen LogP contribution >= 0.6 is 0 Å². The number of phenols is 2. The van der Waals surface area contributed by atoms with E-state index in [2.05, 4.69) is 71.1 Å². The van der Waals surface area contributed by atoms with Gasteiger partial charge in [-0.1, -0.05) is 63.1 Å². The van der Waals surface area contributed by atoms with Crippen molar-refractivity contribution in [3.05, 3.63) is 57.6 Å². The van der Waals surface area contributed by atoms with Gasteiger partial charge in [-0.2, -0.15) is 0 Å². The van der Waals surface area contributed by atoms with Gasteiger partial charge < -0.3 is 15.5 Å². The molecule has 0 atom stereocenters. The summed E-state index contributed by atoms with van der Waals surface area (Å²) in [5.74, 6) is 1.51. The van der Waals surface area contributed by atoms with Crippen molar-refractivity contribution in [2.75, 3.05) is 13.1 Å². The van der Waals surface area contributed by atoms with Gasteiger partial charge in [-0.15, -0.1) is 0 Å². The number of rotatable bonds is 8. The molecule has 0 aromatic heterocycles. The minimum absolute atomic E-state index is 0.316. The van der Waals surface area contributed by atoms with E-state index in [1.807, 2.05) is 0 Å². The Bertz CT molecular complexity index is 713. The van der Waals surface area contributed by atoms with Crippen LogP contribution in [0.3, 0.4) is 0 Å². The lowest BCUT2D eigenvalue weighted by Crippen LogP contribution is -2.20. The van der Waals surface area contributed by atoms with Crippen LogP contribution in [-0.4, -0.2) is 23.3 Å². The number of nitrogens with one attached hydrogen (secondary N) is 1. The highest BCUT2D eigenvalue weighted by molar-refractivity contribution is 5.46. The Morgan fingerprint density at radius 1 is 0.704 bits per heavy atom. The van der Waals surface area contributed by atoms with E-state index in [4.69, 9.17) is 0 Å². The maximum Gasteiger partial charge on any atom is 0.122 e. The van der Waals surface area contributed by atoms with E-state index in [9.17, 15) is 10.2 Å². The molecule has 2 aromatic rings. The van der Waals surface area contributed by atoms with Crippen LogP contribution in [0.25, 0.3) is 0 Å². The maximum atomic E-state index is 10.5. The van der Waals surface area contributed by atoms with Gasteiger partial charge in [0.05, 0.1) is 0 Å². The van der Waals surface area contributed by atoms with Gasteiger partial charge in [0, 0.05) is 0 Å². The first-order valence-corrected chi connectivity index (χ1v) is 10.1. The predicted octanol–water partition coefficient (Wildman–Crippen LogP) is 5.34. The molecule has 0 spiro atoms. The van der Waals surface area contributed by atoms with Crippen LogP contribution in [0.15, 0.2) is 24.3 Å². The zero-order chi connectivity index (χ0) is 20.1. The number of benzene rings is 2. The summed E-state index contributed by atoms with van der Waals surface area (Å²) in [5, 5.41) is 24.5. The van der Waals surface area contributed by atoms with Gasteiger partial charge in [0.15, 0.2) is 0 Å². The van der Waals surface area contributed by atoms with Crippen LogP contribution in [0.2, 0.25) is 0 Å². The van der Waals surface area contributed by atoms with Crippen molar-refractivity contribution in [1.29, 1.82) is 0 Å². The van der Waals surface area contributed by atoms with E-state index in [1.165, 1.54) is 11.1 Å². The second kappa shape index (κ2) is 9.27. The zero-order valence-corrected chi connectivity index (χ0v) is 17.7. The van der Waals surface area contributed by atoms with Crippen LogP contribution in [0, 0.1) is 13.8 Å². The monoisotopic (exact) mass is 369 g/mol. The third-order valence-corrected chi connectivity index (χ3v) is 5.11. The van der Waals surface area contributed by atoms with E-state index >= 15 is 0 Å². The van der Waals surface area contributed by atoms with Gasteiger partial charge >= 0.3 is 0 Å². The van der Waals surface area contributed by atoms with Crippen molar-refractivity contribution in [1.82, 2.24) is 5.32 Å². The van der Waals surface area contributed by atoms with E-state index < -0.39 is 0 Å². The summed E-state index contributed by atoms with van der Waals surface area (Å²) in [5.41, 5.74) is 6.44. The number of hydrogen-bond donors (Lipinski definition) is 3. The smallest absolute Gasteiger partial charge is 0.122 e. The molecule has 0 aliphatic heterocycles. The van der Waals surface area contributed by atoms with E-state index in [1.54, 1.807) is 0 Å². The number of aromatic hydroxyl groups is 2. The van der Waals surface area contributed by atoms with Crippen LogP contribution in [0.4, 0.5) is 0 Å². The van der Waals surface area contributed by atoms with E-state index in [0.29, 0.717) is 23.3 Å². The van der Waals surface area contributed by atoms with Crippen LogP contribution in [-0.2, 0) is 12.8 Å². The number of aryl methyl sites for hydroxylation is 2. The zero-order valence-electron chi connectivity index (χ0n) is 17.7. The Kier molecular flexibility index (Phi) is 7.32. The second-order valence-corrected chi connectivity index (χ2v) is 8.28. The van der Waals surface area contributed by atoms with Crippen LogP contribution in [0.5, 0.6) is 11.5 Å². The lowest BCUT2D eigenvalue weighted by atomic mass is 9.95. The van der Waals surface area contributed by atoms with Gasteiger partial charge in [-0.25, -0.2) is 0 Å². The molecule has 0 amide bonds. The van der Waals surface area contributed by atoms with Crippen LogP contribution in [0.1, 0.15) is 72.9 Å². The van der Waals surface area contributed by atoms with Gasteiger partial charge in [-0.05, 0) is 73.9 Å². The molecular weight excluding hydrogens is 334 g/mol. The molecule has 148 valence electrons. The molecule has 0 saturated heterocycles. The summed E-state index contributed by atoms with van der Waals surface area (Å²) in [6.07, 6.45) is 1.59. The van der Waals surface area contributed by atoms with Gasteiger partial charge in [-0.3, -0.25) is 0 Å². The standard InChI is InChI=1S/C24H35NO2/c1-15(2)21-13-17(5)11-19(23(21)26)7-9-25-10-8-20-12-18(6)14-22(16(3)4)24(20)27/h11-16,25-27H,7-10H2,1-6H3. The predicted molar refractivity (Wildman–Crippen MR) is 114 cm³/mol. The molecule has 0 unspecified atom stereocenters. The molecule has 0 radical (unpaired) electrons. The van der Waals surface area contributed by atoms with Crippen LogP contribution < -0.4 is 5.32 Å². The highest BCUT2D eigenvalue weighted by Crippen LogP contribution is 2.31. The highest BCUT2D eigenvalue weighted by atomic mass is 16.3. The molecule has 0 aliphatic carbocycles. The normalized spacial score (nSPS) is 11.6. The van der Waals surface area contributed by atoms with E-state index in [-0.39, 0.29) is 0 Å². The largest absolute Gasteiger partial charge is 0.507 e. The van der Waals surface area contributed by atoms with Crippen molar-refractivity contribution in [2.24, 2.45) is 0 Å². The fourth-order valence-corrected chi connectivity index (χ4v) is 3.60. The average molecular weight is 370 g/mol. The Balaban J connectivity index is 1.94. The number of phenolic OH excluding ortho intramolecular Hbond substituents is 2. The summed E-state index contributed by atoms with van der Waals surface area (Å²) >= 11 is 0. The van der Waals surface area contributed by atoms with Gasteiger partial charge in [0.2, 0.25) is 0 Å². The third-order valence-electron chi connectivity index (χ3n) is 5.11. The lowest BCUT2D eigenvalue weighted by Gasteiger charge is -2.15. The summed E-state index contributed by atoms with van der Waals surface area (Å²) in [6.45, 7) is 14.2. The molecule has 3 nitrogen and oxygen atoms in total. The average Bonchev–Trinajstić information content (AvgIpc) is 2.59. The van der Waals surface area contributed by atoms with Crippen molar-refractivity contribution in [3.63, 3.8) is 0 Å². The molecule has 27 heavy (non-hydrogen) atoms. The van der Waals surface area contributed by atoms with Crippen molar-refractivity contribution in [2.45, 2.75) is 66.2 Å². The molecule has 0 fully saturated rings. The Hall–Kier alpha value is -2.00. The summed E-state index contributed by atoms with van der Waals surface area (Å²) in [7, 11) is 0. The fourth-order valence-electron chi connectivity index (χ4n) is 3.60. The summed E-state index contributed by atoms with van der Waals surface area (Å²) < 4.78 is 0. The summed E-state index contributed by atoms with van der Waals surface area (Å²) in [6, 6.07) is 8.29. The third kappa shape index (κ3) is 5.49. The van der Waals surface area contributed by atoms with Crippen molar-refractivity contribution >= 4 is 0 Å².